The predicted octanol–water partition coefficient (Wildman–Crippen LogP) is 4.08. The molecule has 5 nitrogen and oxygen atoms in total. The van der Waals surface area contributed by atoms with Crippen LogP contribution in [0.4, 0.5) is 0 Å². The van der Waals surface area contributed by atoms with Crippen molar-refractivity contribution < 1.29 is 9.47 Å². The van der Waals surface area contributed by atoms with Crippen molar-refractivity contribution in [1.29, 1.82) is 0 Å². The Bertz CT molecular complexity index is 776. The topological polar surface area (TPSA) is 58.3 Å². The van der Waals surface area contributed by atoms with E-state index in [1.165, 1.54) is 10.8 Å². The number of nitrogens with one attached hydrogen (secondary N) is 3. The van der Waals surface area contributed by atoms with Gasteiger partial charge in [0.25, 0.3) is 0 Å². The number of benzene rings is 2. The number of rotatable bonds is 12. The van der Waals surface area contributed by atoms with Gasteiger partial charge in [0, 0.05) is 21.8 Å². The van der Waals surface area contributed by atoms with Crippen LogP contribution in [0.2, 0.25) is 0 Å². The highest BCUT2D eigenvalue weighted by atomic mass is 16.5. The first-order valence-electron chi connectivity index (χ1n) is 10.0. The summed E-state index contributed by atoms with van der Waals surface area (Å²) in [6.45, 7) is 9.65. The Labute approximate surface area is 161 Å². The molecule has 146 valence electrons. The van der Waals surface area contributed by atoms with Gasteiger partial charge in [-0.2, -0.15) is 0 Å². The summed E-state index contributed by atoms with van der Waals surface area (Å²) >= 11 is 0. The molecular weight excluding hydrogens is 338 g/mol. The van der Waals surface area contributed by atoms with Gasteiger partial charge in [0.15, 0.2) is 0 Å². The van der Waals surface area contributed by atoms with Crippen LogP contribution in [0.15, 0.2) is 36.4 Å². The first-order valence-corrected chi connectivity index (χ1v) is 10.0. The lowest BCUT2D eigenvalue weighted by atomic mass is 10.1. The van der Waals surface area contributed by atoms with Gasteiger partial charge in [0.05, 0.1) is 13.2 Å². The molecule has 0 amide bonds. The number of aromatic nitrogens is 1. The fourth-order valence-corrected chi connectivity index (χ4v) is 3.16. The van der Waals surface area contributed by atoms with Gasteiger partial charge in [0.1, 0.15) is 11.5 Å². The average Bonchev–Trinajstić information content (AvgIpc) is 3.05. The van der Waals surface area contributed by atoms with Crippen LogP contribution in [-0.4, -0.2) is 44.4 Å². The van der Waals surface area contributed by atoms with E-state index < -0.39 is 0 Å². The van der Waals surface area contributed by atoms with Crippen LogP contribution in [0.5, 0.6) is 11.5 Å². The molecule has 3 N–H and O–H groups in total. The molecule has 0 aliphatic carbocycles. The summed E-state index contributed by atoms with van der Waals surface area (Å²) in [5.74, 6) is 1.83. The van der Waals surface area contributed by atoms with E-state index in [-0.39, 0.29) is 0 Å². The Morgan fingerprint density at radius 3 is 1.67 bits per heavy atom. The number of hydrogen-bond acceptors (Lipinski definition) is 4. The van der Waals surface area contributed by atoms with Crippen molar-refractivity contribution in [2.24, 2.45) is 0 Å². The van der Waals surface area contributed by atoms with Crippen molar-refractivity contribution in [3.8, 4) is 11.5 Å². The maximum absolute atomic E-state index is 5.92. The maximum atomic E-state index is 5.92. The monoisotopic (exact) mass is 369 g/mol. The van der Waals surface area contributed by atoms with E-state index in [0.717, 1.165) is 74.8 Å². The van der Waals surface area contributed by atoms with Crippen LogP contribution >= 0.6 is 0 Å². The lowest BCUT2D eigenvalue weighted by Crippen LogP contribution is -2.16. The summed E-state index contributed by atoms with van der Waals surface area (Å²) in [5.41, 5.74) is 2.24. The first-order chi connectivity index (χ1) is 13.3. The average molecular weight is 370 g/mol. The third-order valence-electron chi connectivity index (χ3n) is 4.57. The summed E-state index contributed by atoms with van der Waals surface area (Å²) in [7, 11) is 0. The second-order valence-electron chi connectivity index (χ2n) is 6.65. The Hall–Kier alpha value is -2.24. The summed E-state index contributed by atoms with van der Waals surface area (Å²) < 4.78 is 11.8. The zero-order chi connectivity index (χ0) is 18.9. The fraction of sp³-hybridized carbons (Fsp3) is 0.455. The van der Waals surface area contributed by atoms with E-state index in [0.29, 0.717) is 0 Å². The second-order valence-corrected chi connectivity index (χ2v) is 6.65. The SMILES string of the molecule is CCNCCCOc1ccc2[nH]c3ccc(OCCCNCC)cc3c2c1. The smallest absolute Gasteiger partial charge is 0.120 e. The zero-order valence-electron chi connectivity index (χ0n) is 16.4. The predicted molar refractivity (Wildman–Crippen MR) is 113 cm³/mol. The van der Waals surface area contributed by atoms with Crippen LogP contribution in [0.1, 0.15) is 26.7 Å². The van der Waals surface area contributed by atoms with E-state index in [2.05, 4.69) is 53.7 Å². The van der Waals surface area contributed by atoms with Crippen LogP contribution in [0.25, 0.3) is 21.8 Å². The molecule has 5 heteroatoms. The van der Waals surface area contributed by atoms with Gasteiger partial charge in [-0.3, -0.25) is 0 Å². The standard InChI is InChI=1S/C22H31N3O2/c1-3-23-11-5-13-26-17-7-9-21-19(15-17)20-16-18(8-10-22(20)25-21)27-14-6-12-24-4-2/h7-10,15-16,23-25H,3-6,11-14H2,1-2H3. The molecule has 0 atom stereocenters. The number of H-pyrrole nitrogens is 1. The lowest BCUT2D eigenvalue weighted by Gasteiger charge is -2.07. The minimum atomic E-state index is 0.723. The summed E-state index contributed by atoms with van der Waals surface area (Å²) in [5, 5.41) is 8.98. The molecule has 1 heterocycles. The summed E-state index contributed by atoms with van der Waals surface area (Å²) in [6, 6.07) is 12.5. The highest BCUT2D eigenvalue weighted by molar-refractivity contribution is 6.08. The molecule has 0 spiro atoms. The van der Waals surface area contributed by atoms with Crippen molar-refractivity contribution in [3.05, 3.63) is 36.4 Å². The molecular formula is C22H31N3O2. The van der Waals surface area contributed by atoms with Gasteiger partial charge in [0.2, 0.25) is 0 Å². The number of aromatic amines is 1. The number of hydrogen-bond donors (Lipinski definition) is 3. The van der Waals surface area contributed by atoms with Crippen molar-refractivity contribution in [3.63, 3.8) is 0 Å². The molecule has 0 aliphatic heterocycles. The van der Waals surface area contributed by atoms with Crippen molar-refractivity contribution in [2.75, 3.05) is 39.4 Å². The third kappa shape index (κ3) is 5.37. The van der Waals surface area contributed by atoms with E-state index in [4.69, 9.17) is 9.47 Å². The van der Waals surface area contributed by atoms with Gasteiger partial charge in [-0.05, 0) is 75.4 Å². The zero-order valence-corrected chi connectivity index (χ0v) is 16.4. The molecule has 2 aromatic carbocycles. The van der Waals surface area contributed by atoms with Crippen LogP contribution < -0.4 is 20.1 Å². The minimum Gasteiger partial charge on any atom is -0.494 e. The van der Waals surface area contributed by atoms with E-state index in [1.807, 2.05) is 12.1 Å². The van der Waals surface area contributed by atoms with Gasteiger partial charge < -0.3 is 25.1 Å². The van der Waals surface area contributed by atoms with E-state index >= 15 is 0 Å². The van der Waals surface area contributed by atoms with Crippen LogP contribution in [0.3, 0.4) is 0 Å². The van der Waals surface area contributed by atoms with Crippen LogP contribution in [-0.2, 0) is 0 Å². The van der Waals surface area contributed by atoms with Gasteiger partial charge >= 0.3 is 0 Å². The summed E-state index contributed by atoms with van der Waals surface area (Å²) in [6.07, 6.45) is 2.01. The molecule has 0 saturated heterocycles. The Balaban J connectivity index is 1.68. The van der Waals surface area contributed by atoms with E-state index in [1.54, 1.807) is 0 Å². The Kier molecular flexibility index (Phi) is 7.36. The minimum absolute atomic E-state index is 0.723. The maximum Gasteiger partial charge on any atom is 0.120 e. The highest BCUT2D eigenvalue weighted by Gasteiger charge is 2.07. The molecule has 27 heavy (non-hydrogen) atoms. The largest absolute Gasteiger partial charge is 0.494 e. The molecule has 0 radical (unpaired) electrons. The van der Waals surface area contributed by atoms with Crippen molar-refractivity contribution in [2.45, 2.75) is 26.7 Å². The third-order valence-corrected chi connectivity index (χ3v) is 4.57. The first kappa shape index (κ1) is 19.5. The summed E-state index contributed by atoms with van der Waals surface area (Å²) in [4.78, 5) is 3.47. The molecule has 1 aromatic heterocycles. The molecule has 0 unspecified atom stereocenters. The van der Waals surface area contributed by atoms with Gasteiger partial charge in [-0.1, -0.05) is 13.8 Å². The van der Waals surface area contributed by atoms with Crippen LogP contribution in [0, 0.1) is 0 Å². The van der Waals surface area contributed by atoms with Gasteiger partial charge in [-0.15, -0.1) is 0 Å². The quantitative estimate of drug-likeness (QED) is 0.421. The molecule has 3 rings (SSSR count). The van der Waals surface area contributed by atoms with Crippen molar-refractivity contribution >= 4 is 21.8 Å². The molecule has 0 saturated carbocycles. The number of ether oxygens (including phenoxy) is 2. The second kappa shape index (κ2) is 10.2. The normalized spacial score (nSPS) is 11.3. The van der Waals surface area contributed by atoms with E-state index in [9.17, 15) is 0 Å². The number of fused-ring (bicyclic) bond motifs is 3. The Morgan fingerprint density at radius 2 is 1.22 bits per heavy atom. The fourth-order valence-electron chi connectivity index (χ4n) is 3.16. The highest BCUT2D eigenvalue weighted by Crippen LogP contribution is 2.31. The van der Waals surface area contributed by atoms with Crippen molar-refractivity contribution in [1.82, 2.24) is 15.6 Å². The molecule has 0 bridgehead atoms. The van der Waals surface area contributed by atoms with Gasteiger partial charge in [-0.25, -0.2) is 0 Å². The molecule has 0 fully saturated rings. The molecule has 3 aromatic rings. The lowest BCUT2D eigenvalue weighted by molar-refractivity contribution is 0.309. The molecule has 0 aliphatic rings. The Morgan fingerprint density at radius 1 is 0.741 bits per heavy atom.